The van der Waals surface area contributed by atoms with Gasteiger partial charge in [0.05, 0.1) is 11.6 Å². The van der Waals surface area contributed by atoms with Gasteiger partial charge in [-0.25, -0.2) is 0 Å². The Labute approximate surface area is 136 Å². The van der Waals surface area contributed by atoms with Crippen molar-refractivity contribution in [1.82, 2.24) is 0 Å². The van der Waals surface area contributed by atoms with Crippen molar-refractivity contribution < 1.29 is 4.74 Å². The third-order valence-electron chi connectivity index (χ3n) is 3.02. The molecule has 4 heteroatoms. The van der Waals surface area contributed by atoms with Crippen LogP contribution in [0.25, 0.3) is 0 Å². The molecular weight excluding hydrogens is 382 g/mol. The highest BCUT2D eigenvalue weighted by Crippen LogP contribution is 2.28. The predicted molar refractivity (Wildman–Crippen MR) is 91.6 cm³/mol. The lowest BCUT2D eigenvalue weighted by molar-refractivity contribution is 0.412. The van der Waals surface area contributed by atoms with Gasteiger partial charge in [-0.05, 0) is 59.1 Å². The first-order chi connectivity index (χ1) is 9.58. The predicted octanol–water partition coefficient (Wildman–Crippen LogP) is 5.26. The van der Waals surface area contributed by atoms with E-state index < -0.39 is 0 Å². The van der Waals surface area contributed by atoms with Crippen LogP contribution in [0.4, 0.5) is 5.69 Å². The summed E-state index contributed by atoms with van der Waals surface area (Å²) in [4.78, 5) is 0. The van der Waals surface area contributed by atoms with E-state index in [1.54, 1.807) is 7.11 Å². The number of hydrogen-bond donors (Lipinski definition) is 1. The average Bonchev–Trinajstić information content (AvgIpc) is 2.43. The molecule has 0 bridgehead atoms. The first-order valence-electron chi connectivity index (χ1n) is 6.43. The molecule has 1 unspecified atom stereocenters. The van der Waals surface area contributed by atoms with Crippen LogP contribution in [-0.2, 0) is 6.42 Å². The fraction of sp³-hybridized carbons (Fsp3) is 0.250. The molecule has 1 N–H and O–H groups in total. The minimum Gasteiger partial charge on any atom is -0.495 e. The molecule has 0 aromatic heterocycles. The number of ether oxygens (including phenoxy) is 1. The van der Waals surface area contributed by atoms with Crippen molar-refractivity contribution >= 4 is 37.5 Å². The topological polar surface area (TPSA) is 21.3 Å². The number of anilines is 1. The van der Waals surface area contributed by atoms with Gasteiger partial charge in [-0.15, -0.1) is 0 Å². The number of methoxy groups -OCH3 is 1. The maximum Gasteiger partial charge on any atom is 0.135 e. The van der Waals surface area contributed by atoms with Crippen molar-refractivity contribution in [2.45, 2.75) is 19.4 Å². The molecule has 20 heavy (non-hydrogen) atoms. The molecule has 2 aromatic carbocycles. The van der Waals surface area contributed by atoms with Crippen LogP contribution >= 0.6 is 31.9 Å². The number of benzene rings is 2. The standard InChI is InChI=1S/C16H17Br2NO/c1-11(9-12-3-5-13(17)6-4-12)19-14-7-8-15(18)16(10-14)20-2/h3-8,10-11,19H,9H2,1-2H3. The van der Waals surface area contributed by atoms with Crippen LogP contribution in [0, 0.1) is 0 Å². The minimum absolute atomic E-state index is 0.349. The molecule has 0 aliphatic rings. The molecule has 2 aromatic rings. The lowest BCUT2D eigenvalue weighted by atomic mass is 10.1. The Balaban J connectivity index is 2.00. The average molecular weight is 399 g/mol. The number of nitrogens with one attached hydrogen (secondary N) is 1. The van der Waals surface area contributed by atoms with Crippen molar-refractivity contribution in [3.63, 3.8) is 0 Å². The van der Waals surface area contributed by atoms with E-state index in [1.165, 1.54) is 5.56 Å². The Kier molecular flexibility index (Phi) is 5.49. The highest BCUT2D eigenvalue weighted by atomic mass is 79.9. The molecule has 0 aliphatic heterocycles. The van der Waals surface area contributed by atoms with E-state index in [1.807, 2.05) is 18.2 Å². The van der Waals surface area contributed by atoms with Crippen molar-refractivity contribution in [2.24, 2.45) is 0 Å². The molecule has 106 valence electrons. The van der Waals surface area contributed by atoms with Crippen LogP contribution in [0.3, 0.4) is 0 Å². The van der Waals surface area contributed by atoms with Gasteiger partial charge in [-0.3, -0.25) is 0 Å². The van der Waals surface area contributed by atoms with E-state index in [2.05, 4.69) is 68.4 Å². The number of hydrogen-bond acceptors (Lipinski definition) is 2. The molecule has 0 heterocycles. The lowest BCUT2D eigenvalue weighted by Gasteiger charge is -2.16. The van der Waals surface area contributed by atoms with E-state index in [-0.39, 0.29) is 0 Å². The number of rotatable bonds is 5. The third kappa shape index (κ3) is 4.25. The van der Waals surface area contributed by atoms with Gasteiger partial charge in [0.2, 0.25) is 0 Å². The summed E-state index contributed by atoms with van der Waals surface area (Å²) in [6.45, 7) is 2.18. The van der Waals surface area contributed by atoms with Gasteiger partial charge in [0.25, 0.3) is 0 Å². The molecular formula is C16H17Br2NO. The van der Waals surface area contributed by atoms with Gasteiger partial charge in [-0.1, -0.05) is 28.1 Å². The van der Waals surface area contributed by atoms with Crippen molar-refractivity contribution in [3.05, 3.63) is 57.0 Å². The summed E-state index contributed by atoms with van der Waals surface area (Å²) in [5.41, 5.74) is 2.38. The lowest BCUT2D eigenvalue weighted by Crippen LogP contribution is -2.18. The molecule has 1 atom stereocenters. The molecule has 0 aliphatic carbocycles. The summed E-state index contributed by atoms with van der Waals surface area (Å²) in [7, 11) is 1.68. The molecule has 0 fully saturated rings. The fourth-order valence-electron chi connectivity index (χ4n) is 2.06. The number of halogens is 2. The summed E-state index contributed by atoms with van der Waals surface area (Å²) >= 11 is 6.91. The maximum absolute atomic E-state index is 5.31. The van der Waals surface area contributed by atoms with Gasteiger partial charge >= 0.3 is 0 Å². The molecule has 0 spiro atoms. The van der Waals surface area contributed by atoms with Gasteiger partial charge in [0.15, 0.2) is 0 Å². The Hall–Kier alpha value is -1.00. The summed E-state index contributed by atoms with van der Waals surface area (Å²) < 4.78 is 7.38. The summed E-state index contributed by atoms with van der Waals surface area (Å²) in [6.07, 6.45) is 0.978. The zero-order valence-corrected chi connectivity index (χ0v) is 14.7. The third-order valence-corrected chi connectivity index (χ3v) is 4.20. The van der Waals surface area contributed by atoms with Gasteiger partial charge < -0.3 is 10.1 Å². The van der Waals surface area contributed by atoms with E-state index in [0.29, 0.717) is 6.04 Å². The molecule has 0 saturated carbocycles. The van der Waals surface area contributed by atoms with E-state index in [9.17, 15) is 0 Å². The van der Waals surface area contributed by atoms with Crippen LogP contribution in [0.15, 0.2) is 51.4 Å². The fourth-order valence-corrected chi connectivity index (χ4v) is 2.73. The van der Waals surface area contributed by atoms with Gasteiger partial charge in [0, 0.05) is 22.3 Å². The van der Waals surface area contributed by atoms with E-state index in [4.69, 9.17) is 4.74 Å². The molecule has 2 nitrogen and oxygen atoms in total. The first-order valence-corrected chi connectivity index (χ1v) is 8.01. The van der Waals surface area contributed by atoms with Crippen LogP contribution in [0.5, 0.6) is 5.75 Å². The Morgan fingerprint density at radius 2 is 1.80 bits per heavy atom. The second kappa shape index (κ2) is 7.14. The summed E-state index contributed by atoms with van der Waals surface area (Å²) in [5, 5.41) is 3.49. The quantitative estimate of drug-likeness (QED) is 0.741. The Morgan fingerprint density at radius 3 is 2.45 bits per heavy atom. The van der Waals surface area contributed by atoms with Crippen molar-refractivity contribution in [3.8, 4) is 5.75 Å². The Bertz CT molecular complexity index is 569. The minimum atomic E-state index is 0.349. The maximum atomic E-state index is 5.31. The summed E-state index contributed by atoms with van der Waals surface area (Å²) in [5.74, 6) is 0.839. The highest BCUT2D eigenvalue weighted by molar-refractivity contribution is 9.10. The summed E-state index contributed by atoms with van der Waals surface area (Å²) in [6, 6.07) is 14.8. The molecule has 0 radical (unpaired) electrons. The van der Waals surface area contributed by atoms with Crippen LogP contribution < -0.4 is 10.1 Å². The second-order valence-electron chi connectivity index (χ2n) is 4.73. The largest absolute Gasteiger partial charge is 0.495 e. The normalized spacial score (nSPS) is 12.0. The van der Waals surface area contributed by atoms with Crippen LogP contribution in [0.1, 0.15) is 12.5 Å². The smallest absolute Gasteiger partial charge is 0.135 e. The Morgan fingerprint density at radius 1 is 1.10 bits per heavy atom. The van der Waals surface area contributed by atoms with E-state index >= 15 is 0 Å². The molecule has 0 saturated heterocycles. The van der Waals surface area contributed by atoms with Crippen LogP contribution in [0.2, 0.25) is 0 Å². The zero-order chi connectivity index (χ0) is 14.5. The zero-order valence-electron chi connectivity index (χ0n) is 11.5. The van der Waals surface area contributed by atoms with Gasteiger partial charge in [0.1, 0.15) is 5.75 Å². The van der Waals surface area contributed by atoms with E-state index in [0.717, 1.165) is 26.8 Å². The highest BCUT2D eigenvalue weighted by Gasteiger charge is 2.06. The van der Waals surface area contributed by atoms with Gasteiger partial charge in [-0.2, -0.15) is 0 Å². The molecule has 0 amide bonds. The first kappa shape index (κ1) is 15.4. The van der Waals surface area contributed by atoms with Crippen molar-refractivity contribution in [1.29, 1.82) is 0 Å². The molecule has 2 rings (SSSR count). The van der Waals surface area contributed by atoms with Crippen LogP contribution in [-0.4, -0.2) is 13.2 Å². The monoisotopic (exact) mass is 397 g/mol. The second-order valence-corrected chi connectivity index (χ2v) is 6.50. The van der Waals surface area contributed by atoms with Crippen molar-refractivity contribution in [2.75, 3.05) is 12.4 Å². The SMILES string of the molecule is COc1cc(NC(C)Cc2ccc(Br)cc2)ccc1Br.